The molecule has 1 aromatic carbocycles. The molecule has 1 aromatic rings. The van der Waals surface area contributed by atoms with Gasteiger partial charge in [0.15, 0.2) is 0 Å². The van der Waals surface area contributed by atoms with Gasteiger partial charge in [-0.3, -0.25) is 4.90 Å². The van der Waals surface area contributed by atoms with Crippen LogP contribution in [0.25, 0.3) is 0 Å². The van der Waals surface area contributed by atoms with E-state index < -0.39 is 0 Å². The van der Waals surface area contributed by atoms with E-state index in [1.54, 1.807) is 5.56 Å². The van der Waals surface area contributed by atoms with Gasteiger partial charge in [-0.05, 0) is 30.0 Å². The zero-order chi connectivity index (χ0) is 14.7. The molecule has 1 atom stereocenters. The monoisotopic (exact) mass is 287 g/mol. The number of rotatable bonds is 4. The highest BCUT2D eigenvalue weighted by Crippen LogP contribution is 2.23. The van der Waals surface area contributed by atoms with Crippen molar-refractivity contribution in [2.75, 3.05) is 45.8 Å². The molecule has 0 spiro atoms. The summed E-state index contributed by atoms with van der Waals surface area (Å²) in [5.74, 6) is 0.781. The van der Waals surface area contributed by atoms with Crippen LogP contribution >= 0.6 is 0 Å². The molecule has 2 aliphatic rings. The quantitative estimate of drug-likeness (QED) is 0.915. The number of hydrogen-bond acceptors (Lipinski definition) is 3. The Labute approximate surface area is 129 Å². The predicted molar refractivity (Wildman–Crippen MR) is 88.6 cm³/mol. The Morgan fingerprint density at radius 2 is 1.81 bits per heavy atom. The molecule has 1 saturated heterocycles. The maximum absolute atomic E-state index is 3.71. The van der Waals surface area contributed by atoms with E-state index in [0.717, 1.165) is 19.0 Å². The molecule has 3 rings (SSSR count). The van der Waals surface area contributed by atoms with Gasteiger partial charge in [0.1, 0.15) is 0 Å². The number of fused-ring (bicyclic) bond motifs is 1. The summed E-state index contributed by atoms with van der Waals surface area (Å²) in [7, 11) is 0. The molecular formula is C18H29N3. The van der Waals surface area contributed by atoms with E-state index in [2.05, 4.69) is 53.2 Å². The van der Waals surface area contributed by atoms with Crippen LogP contribution in [0.4, 0.5) is 0 Å². The Morgan fingerprint density at radius 1 is 1.10 bits per heavy atom. The molecular weight excluding hydrogens is 258 g/mol. The summed E-state index contributed by atoms with van der Waals surface area (Å²) in [6, 6.07) is 9.47. The average molecular weight is 287 g/mol. The van der Waals surface area contributed by atoms with Gasteiger partial charge in [-0.25, -0.2) is 0 Å². The van der Waals surface area contributed by atoms with Crippen LogP contribution in [0.2, 0.25) is 0 Å². The van der Waals surface area contributed by atoms with Crippen LogP contribution in [0.1, 0.15) is 31.0 Å². The van der Waals surface area contributed by atoms with Gasteiger partial charge < -0.3 is 10.2 Å². The first-order valence-corrected chi connectivity index (χ1v) is 8.48. The van der Waals surface area contributed by atoms with E-state index in [9.17, 15) is 0 Å². The minimum Gasteiger partial charge on any atom is -0.309 e. The van der Waals surface area contributed by atoms with Crippen LogP contribution in [-0.2, 0) is 6.42 Å². The fourth-order valence-corrected chi connectivity index (χ4v) is 3.68. The standard InChI is InChI=1S/C18H29N3/c1-15(2)13-20-9-11-21(12-10-20)14-18-17-6-4-3-5-16(17)7-8-19-18/h3-6,15,18-19H,7-14H2,1-2H3. The summed E-state index contributed by atoms with van der Waals surface area (Å²) in [5, 5.41) is 3.71. The van der Waals surface area contributed by atoms with Crippen molar-refractivity contribution in [3.63, 3.8) is 0 Å². The van der Waals surface area contributed by atoms with Crippen molar-refractivity contribution in [3.05, 3.63) is 35.4 Å². The second-order valence-electron chi connectivity index (χ2n) is 6.95. The summed E-state index contributed by atoms with van der Waals surface area (Å²) in [5.41, 5.74) is 3.06. The molecule has 0 radical (unpaired) electrons. The van der Waals surface area contributed by atoms with Gasteiger partial charge >= 0.3 is 0 Å². The number of benzene rings is 1. The lowest BCUT2D eigenvalue weighted by molar-refractivity contribution is 0.113. The highest BCUT2D eigenvalue weighted by Gasteiger charge is 2.24. The minimum absolute atomic E-state index is 0.520. The number of piperazine rings is 1. The van der Waals surface area contributed by atoms with E-state index in [4.69, 9.17) is 0 Å². The van der Waals surface area contributed by atoms with E-state index >= 15 is 0 Å². The molecule has 0 saturated carbocycles. The lowest BCUT2D eigenvalue weighted by Crippen LogP contribution is -2.50. The molecule has 0 aliphatic carbocycles. The van der Waals surface area contributed by atoms with Crippen molar-refractivity contribution in [3.8, 4) is 0 Å². The smallest absolute Gasteiger partial charge is 0.0452 e. The fraction of sp³-hybridized carbons (Fsp3) is 0.667. The largest absolute Gasteiger partial charge is 0.309 e. The van der Waals surface area contributed by atoms with Gasteiger partial charge in [0.25, 0.3) is 0 Å². The molecule has 0 bridgehead atoms. The first kappa shape index (κ1) is 15.0. The Hall–Kier alpha value is -0.900. The zero-order valence-corrected chi connectivity index (χ0v) is 13.5. The Morgan fingerprint density at radius 3 is 2.57 bits per heavy atom. The van der Waals surface area contributed by atoms with E-state index in [1.807, 2.05) is 0 Å². The molecule has 3 nitrogen and oxygen atoms in total. The average Bonchev–Trinajstić information content (AvgIpc) is 2.49. The third-order valence-corrected chi connectivity index (χ3v) is 4.74. The number of nitrogens with one attached hydrogen (secondary N) is 1. The Bertz CT molecular complexity index is 450. The summed E-state index contributed by atoms with van der Waals surface area (Å²) < 4.78 is 0. The lowest BCUT2D eigenvalue weighted by atomic mass is 9.94. The van der Waals surface area contributed by atoms with Crippen molar-refractivity contribution in [1.29, 1.82) is 0 Å². The topological polar surface area (TPSA) is 18.5 Å². The highest BCUT2D eigenvalue weighted by atomic mass is 15.3. The number of hydrogen-bond donors (Lipinski definition) is 1. The van der Waals surface area contributed by atoms with E-state index in [1.165, 1.54) is 44.7 Å². The minimum atomic E-state index is 0.520. The zero-order valence-electron chi connectivity index (χ0n) is 13.5. The van der Waals surface area contributed by atoms with Crippen molar-refractivity contribution < 1.29 is 0 Å². The van der Waals surface area contributed by atoms with Crippen LogP contribution in [0.5, 0.6) is 0 Å². The van der Waals surface area contributed by atoms with E-state index in [0.29, 0.717) is 6.04 Å². The molecule has 2 aliphatic heterocycles. The molecule has 21 heavy (non-hydrogen) atoms. The summed E-state index contributed by atoms with van der Waals surface area (Å²) in [6.07, 6.45) is 1.18. The van der Waals surface area contributed by atoms with Crippen molar-refractivity contribution in [1.82, 2.24) is 15.1 Å². The molecule has 116 valence electrons. The van der Waals surface area contributed by atoms with Gasteiger partial charge in [-0.15, -0.1) is 0 Å². The second-order valence-corrected chi connectivity index (χ2v) is 6.95. The van der Waals surface area contributed by atoms with E-state index in [-0.39, 0.29) is 0 Å². The third-order valence-electron chi connectivity index (χ3n) is 4.74. The summed E-state index contributed by atoms with van der Waals surface area (Å²) >= 11 is 0. The first-order chi connectivity index (χ1) is 10.2. The first-order valence-electron chi connectivity index (χ1n) is 8.48. The van der Waals surface area contributed by atoms with Gasteiger partial charge in [0.2, 0.25) is 0 Å². The maximum atomic E-state index is 3.71. The predicted octanol–water partition coefficient (Wildman–Crippen LogP) is 2.15. The van der Waals surface area contributed by atoms with Crippen molar-refractivity contribution >= 4 is 0 Å². The van der Waals surface area contributed by atoms with Crippen molar-refractivity contribution in [2.45, 2.75) is 26.3 Å². The maximum Gasteiger partial charge on any atom is 0.0452 e. The van der Waals surface area contributed by atoms with Gasteiger partial charge in [0, 0.05) is 45.3 Å². The summed E-state index contributed by atoms with van der Waals surface area (Å²) in [6.45, 7) is 13.0. The molecule has 1 unspecified atom stereocenters. The fourth-order valence-electron chi connectivity index (χ4n) is 3.68. The van der Waals surface area contributed by atoms with Crippen LogP contribution < -0.4 is 5.32 Å². The molecule has 1 N–H and O–H groups in total. The van der Waals surface area contributed by atoms with Crippen LogP contribution in [0, 0.1) is 5.92 Å². The third kappa shape index (κ3) is 3.85. The number of nitrogens with zero attached hydrogens (tertiary/aromatic N) is 2. The molecule has 2 heterocycles. The lowest BCUT2D eigenvalue weighted by Gasteiger charge is -2.38. The SMILES string of the molecule is CC(C)CN1CCN(CC2NCCc3ccccc32)CC1. The van der Waals surface area contributed by atoms with Crippen LogP contribution in [0.15, 0.2) is 24.3 Å². The van der Waals surface area contributed by atoms with Crippen LogP contribution in [-0.4, -0.2) is 55.6 Å². The molecule has 0 aromatic heterocycles. The molecule has 3 heteroatoms. The Kier molecular flexibility index (Phi) is 4.94. The highest BCUT2D eigenvalue weighted by molar-refractivity contribution is 5.32. The molecule has 0 amide bonds. The second kappa shape index (κ2) is 6.91. The molecule has 1 fully saturated rings. The van der Waals surface area contributed by atoms with Crippen LogP contribution in [0.3, 0.4) is 0 Å². The van der Waals surface area contributed by atoms with Gasteiger partial charge in [0.05, 0.1) is 0 Å². The normalized spacial score (nSPS) is 24.2. The summed E-state index contributed by atoms with van der Waals surface area (Å²) in [4.78, 5) is 5.25. The van der Waals surface area contributed by atoms with Gasteiger partial charge in [-0.1, -0.05) is 38.1 Å². The van der Waals surface area contributed by atoms with Crippen molar-refractivity contribution in [2.24, 2.45) is 5.92 Å². The Balaban J connectivity index is 1.54. The van der Waals surface area contributed by atoms with Gasteiger partial charge in [-0.2, -0.15) is 0 Å².